The van der Waals surface area contributed by atoms with Crippen LogP contribution in [-0.2, 0) is 5.41 Å². The zero-order valence-corrected chi connectivity index (χ0v) is 18.8. The van der Waals surface area contributed by atoms with Gasteiger partial charge < -0.3 is 15.5 Å². The maximum Gasteiger partial charge on any atom is 0.251 e. The largest absolute Gasteiger partial charge is 0.353 e. The van der Waals surface area contributed by atoms with E-state index in [9.17, 15) is 13.6 Å². The Balaban J connectivity index is 1.25. The van der Waals surface area contributed by atoms with E-state index in [0.29, 0.717) is 11.5 Å². The molecular weight excluding hydrogens is 438 g/mol. The summed E-state index contributed by atoms with van der Waals surface area (Å²) in [4.78, 5) is 27.6. The van der Waals surface area contributed by atoms with Gasteiger partial charge in [-0.05, 0) is 49.7 Å². The van der Waals surface area contributed by atoms with E-state index in [1.54, 1.807) is 18.5 Å². The number of amides is 1. The van der Waals surface area contributed by atoms with Crippen molar-refractivity contribution in [1.82, 2.24) is 25.2 Å². The molecule has 9 heteroatoms. The van der Waals surface area contributed by atoms with Gasteiger partial charge in [-0.25, -0.2) is 18.7 Å². The van der Waals surface area contributed by atoms with Crippen molar-refractivity contribution >= 4 is 11.9 Å². The van der Waals surface area contributed by atoms with Crippen molar-refractivity contribution in [3.8, 4) is 11.1 Å². The number of alkyl halides is 1. The highest BCUT2D eigenvalue weighted by Gasteiger charge is 2.48. The number of carbonyl (C=O) groups is 1. The van der Waals surface area contributed by atoms with Gasteiger partial charge >= 0.3 is 0 Å². The molecule has 0 radical (unpaired) electrons. The SMILES string of the molecule is CN1CC(NC(=O)c2cccc(-c3cnc(NCC4(c5ncccc5F)CC(F)C4)nc3)c2)C1. The van der Waals surface area contributed by atoms with E-state index in [2.05, 4.69) is 30.5 Å². The van der Waals surface area contributed by atoms with Crippen molar-refractivity contribution < 1.29 is 13.6 Å². The third-order valence-corrected chi connectivity index (χ3v) is 6.58. The van der Waals surface area contributed by atoms with Crippen LogP contribution >= 0.6 is 0 Å². The Labute approximate surface area is 196 Å². The van der Waals surface area contributed by atoms with Gasteiger partial charge in [0.25, 0.3) is 5.91 Å². The molecule has 0 unspecified atom stereocenters. The van der Waals surface area contributed by atoms with Crippen LogP contribution in [-0.4, -0.2) is 64.7 Å². The van der Waals surface area contributed by atoms with Crippen molar-refractivity contribution in [3.63, 3.8) is 0 Å². The molecule has 34 heavy (non-hydrogen) atoms. The second kappa shape index (κ2) is 9.06. The van der Waals surface area contributed by atoms with Crippen LogP contribution in [0.15, 0.2) is 55.0 Å². The summed E-state index contributed by atoms with van der Waals surface area (Å²) in [6, 6.07) is 10.4. The Morgan fingerprint density at radius 2 is 1.88 bits per heavy atom. The second-order valence-corrected chi connectivity index (χ2v) is 9.24. The summed E-state index contributed by atoms with van der Waals surface area (Å²) in [5.74, 6) is -0.164. The molecule has 1 aliphatic heterocycles. The Hall–Kier alpha value is -3.46. The van der Waals surface area contributed by atoms with Gasteiger partial charge in [0, 0.05) is 54.8 Å². The molecule has 2 aliphatic rings. The lowest BCUT2D eigenvalue weighted by atomic mass is 9.65. The number of halogens is 2. The summed E-state index contributed by atoms with van der Waals surface area (Å²) >= 11 is 0. The van der Waals surface area contributed by atoms with E-state index in [1.165, 1.54) is 18.3 Å². The van der Waals surface area contributed by atoms with Gasteiger partial charge in [-0.3, -0.25) is 9.78 Å². The summed E-state index contributed by atoms with van der Waals surface area (Å²) in [5.41, 5.74) is 1.73. The molecule has 1 saturated heterocycles. The fourth-order valence-electron chi connectivity index (χ4n) is 4.70. The first-order valence-corrected chi connectivity index (χ1v) is 11.3. The minimum absolute atomic E-state index is 0.0992. The first-order valence-electron chi connectivity index (χ1n) is 11.3. The summed E-state index contributed by atoms with van der Waals surface area (Å²) in [6.45, 7) is 1.99. The third kappa shape index (κ3) is 4.48. The zero-order valence-electron chi connectivity index (χ0n) is 18.8. The molecule has 0 bridgehead atoms. The fourth-order valence-corrected chi connectivity index (χ4v) is 4.70. The molecule has 0 spiro atoms. The van der Waals surface area contributed by atoms with E-state index >= 15 is 0 Å². The number of nitrogens with one attached hydrogen (secondary N) is 2. The molecule has 7 nitrogen and oxygen atoms in total. The molecule has 1 saturated carbocycles. The van der Waals surface area contributed by atoms with E-state index in [1.807, 2.05) is 25.2 Å². The highest BCUT2D eigenvalue weighted by atomic mass is 19.1. The molecule has 2 fully saturated rings. The normalized spacial score (nSPS) is 22.5. The smallest absolute Gasteiger partial charge is 0.251 e. The number of likely N-dealkylation sites (tertiary alicyclic amines) is 1. The van der Waals surface area contributed by atoms with Crippen LogP contribution in [0.5, 0.6) is 0 Å². The van der Waals surface area contributed by atoms with Crippen LogP contribution in [0.2, 0.25) is 0 Å². The predicted molar refractivity (Wildman–Crippen MR) is 125 cm³/mol. The van der Waals surface area contributed by atoms with Crippen LogP contribution in [0.3, 0.4) is 0 Å². The molecule has 2 aromatic heterocycles. The molecule has 2 N–H and O–H groups in total. The van der Waals surface area contributed by atoms with Gasteiger partial charge in [-0.1, -0.05) is 12.1 Å². The minimum Gasteiger partial charge on any atom is -0.353 e. The van der Waals surface area contributed by atoms with Gasteiger partial charge in [0.2, 0.25) is 5.95 Å². The molecule has 3 heterocycles. The van der Waals surface area contributed by atoms with Crippen LogP contribution < -0.4 is 10.6 Å². The van der Waals surface area contributed by atoms with Gasteiger partial charge in [-0.2, -0.15) is 0 Å². The number of rotatable bonds is 7. The summed E-state index contributed by atoms with van der Waals surface area (Å²) < 4.78 is 28.1. The van der Waals surface area contributed by atoms with Crippen molar-refractivity contribution in [1.29, 1.82) is 0 Å². The van der Waals surface area contributed by atoms with E-state index in [0.717, 1.165) is 24.2 Å². The number of carbonyl (C=O) groups excluding carboxylic acids is 1. The molecule has 1 amide bonds. The number of aromatic nitrogens is 3. The van der Waals surface area contributed by atoms with E-state index < -0.39 is 17.4 Å². The average molecular weight is 465 g/mol. The lowest BCUT2D eigenvalue weighted by Gasteiger charge is -2.43. The molecule has 176 valence electrons. The Morgan fingerprint density at radius 3 is 2.56 bits per heavy atom. The van der Waals surface area contributed by atoms with Crippen molar-refractivity contribution in [2.75, 3.05) is 32.0 Å². The third-order valence-electron chi connectivity index (χ3n) is 6.58. The van der Waals surface area contributed by atoms with Crippen molar-refractivity contribution in [2.24, 2.45) is 0 Å². The lowest BCUT2D eigenvalue weighted by Crippen LogP contribution is -2.57. The topological polar surface area (TPSA) is 83.0 Å². The standard InChI is InChI=1S/C25H26F2N6O/c1-33-13-20(14-33)32-23(34)17-5-2-4-16(8-17)18-11-29-24(30-12-18)31-15-25(9-19(26)10-25)22-21(27)6-3-7-28-22/h2-8,11-12,19-20H,9-10,13-15H2,1H3,(H,32,34)(H,29,30,31). The van der Waals surface area contributed by atoms with Crippen LogP contribution in [0, 0.1) is 5.82 Å². The quantitative estimate of drug-likeness (QED) is 0.559. The van der Waals surface area contributed by atoms with Crippen LogP contribution in [0.1, 0.15) is 28.9 Å². The number of hydrogen-bond donors (Lipinski definition) is 2. The predicted octanol–water partition coefficient (Wildman–Crippen LogP) is 3.20. The number of likely N-dealkylation sites (N-methyl/N-ethyl adjacent to an activating group) is 1. The number of anilines is 1. The summed E-state index contributed by atoms with van der Waals surface area (Å²) in [6.07, 6.45) is 4.30. The molecular formula is C25H26F2N6O. The van der Waals surface area contributed by atoms with Gasteiger partial charge in [0.1, 0.15) is 12.0 Å². The van der Waals surface area contributed by atoms with Crippen molar-refractivity contribution in [3.05, 3.63) is 72.1 Å². The molecule has 1 aliphatic carbocycles. The van der Waals surface area contributed by atoms with E-state index in [-0.39, 0.29) is 37.0 Å². The highest BCUT2D eigenvalue weighted by Crippen LogP contribution is 2.45. The first-order chi connectivity index (χ1) is 16.4. The number of hydrogen-bond acceptors (Lipinski definition) is 6. The number of nitrogens with zero attached hydrogens (tertiary/aromatic N) is 4. The summed E-state index contributed by atoms with van der Waals surface area (Å²) in [5, 5.41) is 6.15. The Morgan fingerprint density at radius 1 is 1.12 bits per heavy atom. The number of pyridine rings is 1. The maximum atomic E-state index is 14.3. The van der Waals surface area contributed by atoms with Crippen molar-refractivity contribution in [2.45, 2.75) is 30.5 Å². The average Bonchev–Trinajstić information content (AvgIpc) is 2.81. The first kappa shape index (κ1) is 22.3. The molecule has 0 atom stereocenters. The lowest BCUT2D eigenvalue weighted by molar-refractivity contribution is 0.0857. The summed E-state index contributed by atoms with van der Waals surface area (Å²) in [7, 11) is 2.02. The minimum atomic E-state index is -0.971. The van der Waals surface area contributed by atoms with Crippen LogP contribution in [0.25, 0.3) is 11.1 Å². The van der Waals surface area contributed by atoms with Gasteiger partial charge in [0.05, 0.1) is 11.7 Å². The Bertz CT molecular complexity index is 1180. The molecule has 3 aromatic rings. The van der Waals surface area contributed by atoms with Gasteiger partial charge in [-0.15, -0.1) is 0 Å². The Kier molecular flexibility index (Phi) is 5.95. The second-order valence-electron chi connectivity index (χ2n) is 9.24. The molecule has 5 rings (SSSR count). The fraction of sp³-hybridized carbons (Fsp3) is 0.360. The van der Waals surface area contributed by atoms with Crippen LogP contribution in [0.4, 0.5) is 14.7 Å². The molecule has 1 aromatic carbocycles. The monoisotopic (exact) mass is 464 g/mol. The zero-order chi connectivity index (χ0) is 23.7. The highest BCUT2D eigenvalue weighted by molar-refractivity contribution is 5.95. The number of benzene rings is 1. The maximum absolute atomic E-state index is 14.3. The van der Waals surface area contributed by atoms with Gasteiger partial charge in [0.15, 0.2) is 0 Å². The van der Waals surface area contributed by atoms with E-state index in [4.69, 9.17) is 0 Å².